The number of nitrogens with two attached hydrogens (primary N) is 1. The van der Waals surface area contributed by atoms with Crippen LogP contribution in [0.3, 0.4) is 0 Å². The average molecular weight is 288 g/mol. The number of amides is 1. The molecule has 0 radical (unpaired) electrons. The van der Waals surface area contributed by atoms with E-state index in [1.165, 1.54) is 0 Å². The zero-order chi connectivity index (χ0) is 15.1. The Hall–Kier alpha value is -2.18. The van der Waals surface area contributed by atoms with Gasteiger partial charge >= 0.3 is 0 Å². The zero-order valence-electron chi connectivity index (χ0n) is 12.1. The third kappa shape index (κ3) is 3.90. The molecule has 0 atom stereocenters. The number of nitrogens with zero attached hydrogens (tertiary/aromatic N) is 3. The van der Waals surface area contributed by atoms with Gasteiger partial charge in [0.15, 0.2) is 0 Å². The minimum atomic E-state index is -0.0836. The topological polar surface area (TPSA) is 73.4 Å². The molecule has 1 aromatic heterocycles. The van der Waals surface area contributed by atoms with Crippen LogP contribution >= 0.6 is 0 Å². The highest BCUT2D eigenvalue weighted by molar-refractivity contribution is 5.93. The Morgan fingerprint density at radius 2 is 2.10 bits per heavy atom. The highest BCUT2D eigenvalue weighted by Crippen LogP contribution is 2.09. The first kappa shape index (κ1) is 15.2. The van der Waals surface area contributed by atoms with Gasteiger partial charge in [-0.05, 0) is 12.1 Å². The van der Waals surface area contributed by atoms with Crippen molar-refractivity contribution in [1.82, 2.24) is 14.7 Å². The second-order valence-electron chi connectivity index (χ2n) is 4.58. The maximum Gasteiger partial charge on any atom is 0.257 e. The summed E-state index contributed by atoms with van der Waals surface area (Å²) >= 11 is 0. The Morgan fingerprint density at radius 3 is 2.76 bits per heavy atom. The van der Waals surface area contributed by atoms with Crippen LogP contribution in [0.15, 0.2) is 42.7 Å². The first-order valence-corrected chi connectivity index (χ1v) is 6.84. The number of aromatic nitrogens is 2. The van der Waals surface area contributed by atoms with E-state index in [9.17, 15) is 4.79 Å². The lowest BCUT2D eigenvalue weighted by Gasteiger charge is -2.20. The van der Waals surface area contributed by atoms with Gasteiger partial charge in [0.1, 0.15) is 0 Å². The minimum Gasteiger partial charge on any atom is -0.383 e. The molecule has 1 aromatic carbocycles. The van der Waals surface area contributed by atoms with Crippen molar-refractivity contribution in [2.24, 2.45) is 5.73 Å². The Bertz CT molecular complexity index is 568. The van der Waals surface area contributed by atoms with E-state index in [0.717, 1.165) is 5.69 Å². The monoisotopic (exact) mass is 288 g/mol. The Kier molecular flexibility index (Phi) is 5.48. The predicted molar refractivity (Wildman–Crippen MR) is 80.4 cm³/mol. The van der Waals surface area contributed by atoms with Crippen molar-refractivity contribution in [2.45, 2.75) is 0 Å². The molecule has 0 spiro atoms. The summed E-state index contributed by atoms with van der Waals surface area (Å²) in [7, 11) is 1.61. The molecular formula is C15H20N4O2. The lowest BCUT2D eigenvalue weighted by molar-refractivity contribution is 0.0701. The van der Waals surface area contributed by atoms with E-state index in [2.05, 4.69) is 5.10 Å². The molecule has 112 valence electrons. The molecule has 0 bridgehead atoms. The van der Waals surface area contributed by atoms with Gasteiger partial charge in [0.05, 0.1) is 24.1 Å². The number of para-hydroxylation sites is 1. The summed E-state index contributed by atoms with van der Waals surface area (Å²) in [6.07, 6.45) is 3.31. The smallest absolute Gasteiger partial charge is 0.257 e. The molecule has 1 amide bonds. The number of hydrogen-bond acceptors (Lipinski definition) is 4. The predicted octanol–water partition coefficient (Wildman–Crippen LogP) is 0.920. The summed E-state index contributed by atoms with van der Waals surface area (Å²) < 4.78 is 6.71. The van der Waals surface area contributed by atoms with Crippen molar-refractivity contribution in [1.29, 1.82) is 0 Å². The van der Waals surface area contributed by atoms with Crippen LogP contribution in [0.4, 0.5) is 0 Å². The first-order valence-electron chi connectivity index (χ1n) is 6.84. The van der Waals surface area contributed by atoms with Crippen molar-refractivity contribution in [3.05, 3.63) is 48.3 Å². The van der Waals surface area contributed by atoms with Gasteiger partial charge in [0.2, 0.25) is 0 Å². The fraction of sp³-hybridized carbons (Fsp3) is 0.333. The molecule has 2 rings (SSSR count). The zero-order valence-corrected chi connectivity index (χ0v) is 12.1. The lowest BCUT2D eigenvalue weighted by atomic mass is 10.3. The molecular weight excluding hydrogens is 268 g/mol. The first-order chi connectivity index (χ1) is 10.3. The van der Waals surface area contributed by atoms with Crippen LogP contribution in [0.5, 0.6) is 0 Å². The minimum absolute atomic E-state index is 0.0836. The van der Waals surface area contributed by atoms with Crippen molar-refractivity contribution in [2.75, 3.05) is 33.4 Å². The fourth-order valence-electron chi connectivity index (χ4n) is 2.01. The van der Waals surface area contributed by atoms with E-state index in [0.29, 0.717) is 31.8 Å². The van der Waals surface area contributed by atoms with Crippen LogP contribution in [0.2, 0.25) is 0 Å². The summed E-state index contributed by atoms with van der Waals surface area (Å²) in [5.74, 6) is -0.0836. The quantitative estimate of drug-likeness (QED) is 0.822. The number of hydrogen-bond donors (Lipinski definition) is 1. The molecule has 0 saturated heterocycles. The third-order valence-corrected chi connectivity index (χ3v) is 3.10. The number of methoxy groups -OCH3 is 1. The molecule has 21 heavy (non-hydrogen) atoms. The number of ether oxygens (including phenoxy) is 1. The Labute approximate surface area is 124 Å². The molecule has 1 heterocycles. The molecule has 6 nitrogen and oxygen atoms in total. The van der Waals surface area contributed by atoms with E-state index in [4.69, 9.17) is 10.5 Å². The van der Waals surface area contributed by atoms with Gasteiger partial charge in [-0.3, -0.25) is 4.79 Å². The van der Waals surface area contributed by atoms with Gasteiger partial charge in [-0.2, -0.15) is 5.10 Å². The molecule has 0 aliphatic carbocycles. The van der Waals surface area contributed by atoms with E-state index in [1.807, 2.05) is 30.3 Å². The Balaban J connectivity index is 2.13. The highest BCUT2D eigenvalue weighted by Gasteiger charge is 2.16. The maximum atomic E-state index is 12.4. The fourth-order valence-corrected chi connectivity index (χ4v) is 2.01. The van der Waals surface area contributed by atoms with Crippen molar-refractivity contribution in [3.63, 3.8) is 0 Å². The number of rotatable bonds is 7. The van der Waals surface area contributed by atoms with Crippen LogP contribution < -0.4 is 5.73 Å². The second-order valence-corrected chi connectivity index (χ2v) is 4.58. The normalized spacial score (nSPS) is 10.6. The SMILES string of the molecule is COCCN(CCN)C(=O)c1cnn(-c2ccccc2)c1. The molecule has 0 fully saturated rings. The molecule has 6 heteroatoms. The summed E-state index contributed by atoms with van der Waals surface area (Å²) in [4.78, 5) is 14.1. The Morgan fingerprint density at radius 1 is 1.33 bits per heavy atom. The van der Waals surface area contributed by atoms with E-state index >= 15 is 0 Å². The molecule has 0 saturated carbocycles. The molecule has 2 aromatic rings. The van der Waals surface area contributed by atoms with Crippen LogP contribution in [0, 0.1) is 0 Å². The molecule has 2 N–H and O–H groups in total. The van der Waals surface area contributed by atoms with Gasteiger partial charge in [-0.25, -0.2) is 4.68 Å². The van der Waals surface area contributed by atoms with E-state index in [-0.39, 0.29) is 5.91 Å². The third-order valence-electron chi connectivity index (χ3n) is 3.10. The summed E-state index contributed by atoms with van der Waals surface area (Å²) in [5, 5.41) is 4.24. The summed E-state index contributed by atoms with van der Waals surface area (Å²) in [5.41, 5.74) is 7.02. The summed E-state index contributed by atoms with van der Waals surface area (Å²) in [6, 6.07) is 9.66. The number of carbonyl (C=O) groups is 1. The molecule has 0 aliphatic rings. The highest BCUT2D eigenvalue weighted by atomic mass is 16.5. The van der Waals surface area contributed by atoms with Crippen molar-refractivity contribution < 1.29 is 9.53 Å². The molecule has 0 aliphatic heterocycles. The van der Waals surface area contributed by atoms with Crippen LogP contribution in [0.25, 0.3) is 5.69 Å². The number of carbonyl (C=O) groups excluding carboxylic acids is 1. The largest absolute Gasteiger partial charge is 0.383 e. The van der Waals surface area contributed by atoms with Gasteiger partial charge in [0.25, 0.3) is 5.91 Å². The second kappa shape index (κ2) is 7.56. The van der Waals surface area contributed by atoms with Gasteiger partial charge in [0, 0.05) is 32.9 Å². The maximum absolute atomic E-state index is 12.4. The average Bonchev–Trinajstić information content (AvgIpc) is 3.01. The summed E-state index contributed by atoms with van der Waals surface area (Å²) in [6.45, 7) is 1.92. The van der Waals surface area contributed by atoms with E-state index in [1.54, 1.807) is 29.1 Å². The van der Waals surface area contributed by atoms with E-state index < -0.39 is 0 Å². The van der Waals surface area contributed by atoms with Crippen LogP contribution in [-0.2, 0) is 4.74 Å². The van der Waals surface area contributed by atoms with Gasteiger partial charge in [-0.15, -0.1) is 0 Å². The van der Waals surface area contributed by atoms with Crippen molar-refractivity contribution in [3.8, 4) is 5.69 Å². The van der Waals surface area contributed by atoms with Crippen LogP contribution in [0.1, 0.15) is 10.4 Å². The van der Waals surface area contributed by atoms with Gasteiger partial charge in [-0.1, -0.05) is 18.2 Å². The van der Waals surface area contributed by atoms with Crippen LogP contribution in [-0.4, -0.2) is 53.9 Å². The number of benzene rings is 1. The lowest BCUT2D eigenvalue weighted by Crippen LogP contribution is -2.37. The van der Waals surface area contributed by atoms with Gasteiger partial charge < -0.3 is 15.4 Å². The molecule has 0 unspecified atom stereocenters. The standard InChI is InChI=1S/C15H20N4O2/c1-21-10-9-18(8-7-16)15(20)13-11-17-19(12-13)14-5-3-2-4-6-14/h2-6,11-12H,7-10,16H2,1H3. The van der Waals surface area contributed by atoms with Crippen molar-refractivity contribution >= 4 is 5.91 Å².